The fourth-order valence-electron chi connectivity index (χ4n) is 4.70. The van der Waals surface area contributed by atoms with E-state index in [1.54, 1.807) is 29.2 Å². The molecule has 1 aliphatic rings. The molecule has 0 radical (unpaired) electrons. The van der Waals surface area contributed by atoms with Gasteiger partial charge in [0.2, 0.25) is 0 Å². The van der Waals surface area contributed by atoms with Crippen molar-refractivity contribution in [2.45, 2.75) is 25.8 Å². The lowest BCUT2D eigenvalue weighted by Crippen LogP contribution is -2.50. The number of hydrogen-bond donors (Lipinski definition) is 1. The summed E-state index contributed by atoms with van der Waals surface area (Å²) >= 11 is 0. The summed E-state index contributed by atoms with van der Waals surface area (Å²) < 4.78 is 5.33. The number of rotatable bonds is 10. The number of nitrogens with one attached hydrogen (secondary N) is 1. The zero-order chi connectivity index (χ0) is 27.5. The zero-order valence-corrected chi connectivity index (χ0v) is 22.3. The molecule has 200 valence electrons. The molecule has 1 saturated heterocycles. The maximum atomic E-state index is 13.2. The van der Waals surface area contributed by atoms with E-state index in [1.807, 2.05) is 49.4 Å². The molecule has 0 aliphatic carbocycles. The molecule has 0 unspecified atom stereocenters. The van der Waals surface area contributed by atoms with Crippen LogP contribution in [0.25, 0.3) is 0 Å². The summed E-state index contributed by atoms with van der Waals surface area (Å²) in [5.74, 6) is -0.768. The predicted molar refractivity (Wildman–Crippen MR) is 152 cm³/mol. The number of esters is 1. The summed E-state index contributed by atoms with van der Waals surface area (Å²) in [6.07, 6.45) is 3.10. The third kappa shape index (κ3) is 7.13. The Bertz CT molecular complexity index is 1270. The first-order chi connectivity index (χ1) is 19.1. The number of carbonyl (C=O) groups is 2. The van der Waals surface area contributed by atoms with Gasteiger partial charge in [-0.05, 0) is 29.7 Å². The van der Waals surface area contributed by atoms with Gasteiger partial charge in [0.15, 0.2) is 0 Å². The minimum atomic E-state index is -0.438. The molecule has 39 heavy (non-hydrogen) atoms. The van der Waals surface area contributed by atoms with Crippen molar-refractivity contribution in [2.75, 3.05) is 38.1 Å². The maximum Gasteiger partial charge on any atom is 0.340 e. The maximum absolute atomic E-state index is 13.2. The highest BCUT2D eigenvalue weighted by Crippen LogP contribution is 2.29. The lowest BCUT2D eigenvalue weighted by atomic mass is 9.96. The standard InChI is InChI=1S/C32H34N4O3/c1-2-3-22-39-32(38)28-16-10-11-17-29(28)34-24-27(23-33)31(37)36-20-18-35(19-21-36)30(25-12-6-4-7-13-25)26-14-8-5-9-15-26/h4-17,24,30,34H,2-3,18-22H2,1H3/b27-24-. The molecular weight excluding hydrogens is 488 g/mol. The molecule has 3 aromatic rings. The number of para-hydroxylation sites is 1. The Morgan fingerprint density at radius 1 is 0.923 bits per heavy atom. The fourth-order valence-corrected chi connectivity index (χ4v) is 4.70. The minimum absolute atomic E-state index is 0.0136. The quantitative estimate of drug-likeness (QED) is 0.166. The summed E-state index contributed by atoms with van der Waals surface area (Å²) in [6.45, 7) is 4.75. The zero-order valence-electron chi connectivity index (χ0n) is 22.3. The normalized spacial score (nSPS) is 14.1. The minimum Gasteiger partial charge on any atom is -0.462 e. The van der Waals surface area contributed by atoms with E-state index < -0.39 is 5.97 Å². The second-order valence-corrected chi connectivity index (χ2v) is 9.40. The number of unbranched alkanes of at least 4 members (excludes halogenated alkanes) is 1. The molecule has 0 aromatic heterocycles. The fraction of sp³-hybridized carbons (Fsp3) is 0.281. The van der Waals surface area contributed by atoms with Crippen LogP contribution in [0, 0.1) is 11.3 Å². The van der Waals surface area contributed by atoms with Crippen LogP contribution >= 0.6 is 0 Å². The molecule has 1 amide bonds. The second-order valence-electron chi connectivity index (χ2n) is 9.40. The van der Waals surface area contributed by atoms with Gasteiger partial charge in [-0.25, -0.2) is 4.79 Å². The Balaban J connectivity index is 1.42. The highest BCUT2D eigenvalue weighted by atomic mass is 16.5. The summed E-state index contributed by atoms with van der Waals surface area (Å²) in [7, 11) is 0. The number of nitriles is 1. The highest BCUT2D eigenvalue weighted by Gasteiger charge is 2.29. The van der Waals surface area contributed by atoms with Crippen molar-refractivity contribution >= 4 is 17.6 Å². The summed E-state index contributed by atoms with van der Waals surface area (Å²) in [4.78, 5) is 29.8. The predicted octanol–water partition coefficient (Wildman–Crippen LogP) is 5.40. The van der Waals surface area contributed by atoms with Gasteiger partial charge in [-0.15, -0.1) is 0 Å². The Labute approximate surface area is 230 Å². The first-order valence-electron chi connectivity index (χ1n) is 13.4. The van der Waals surface area contributed by atoms with E-state index in [1.165, 1.54) is 17.3 Å². The Kier molecular flexibility index (Phi) is 9.87. The van der Waals surface area contributed by atoms with Crippen LogP contribution < -0.4 is 5.32 Å². The van der Waals surface area contributed by atoms with Gasteiger partial charge in [0, 0.05) is 32.4 Å². The summed E-state index contributed by atoms with van der Waals surface area (Å²) in [6, 6.07) is 29.8. The first kappa shape index (κ1) is 27.6. The van der Waals surface area contributed by atoms with Gasteiger partial charge in [-0.1, -0.05) is 86.1 Å². The lowest BCUT2D eigenvalue weighted by Gasteiger charge is -2.39. The average Bonchev–Trinajstić information content (AvgIpc) is 2.99. The molecule has 1 fully saturated rings. The molecule has 7 heteroatoms. The van der Waals surface area contributed by atoms with Crippen LogP contribution in [-0.2, 0) is 9.53 Å². The van der Waals surface area contributed by atoms with Gasteiger partial charge < -0.3 is 15.0 Å². The molecule has 3 aromatic carbocycles. The SMILES string of the molecule is CCCCOC(=O)c1ccccc1N/C=C(/C#N)C(=O)N1CCN(C(c2ccccc2)c2ccccc2)CC1. The molecular formula is C32H34N4O3. The van der Waals surface area contributed by atoms with Crippen molar-refractivity contribution in [3.63, 3.8) is 0 Å². The molecule has 0 spiro atoms. The largest absolute Gasteiger partial charge is 0.462 e. The Hall–Kier alpha value is -4.41. The number of ether oxygens (including phenoxy) is 1. The number of anilines is 1. The Morgan fingerprint density at radius 3 is 2.10 bits per heavy atom. The molecule has 1 aliphatic heterocycles. The van der Waals surface area contributed by atoms with Crippen molar-refractivity contribution in [3.8, 4) is 6.07 Å². The van der Waals surface area contributed by atoms with E-state index >= 15 is 0 Å². The lowest BCUT2D eigenvalue weighted by molar-refractivity contribution is -0.128. The summed E-state index contributed by atoms with van der Waals surface area (Å²) in [5, 5.41) is 12.7. The van der Waals surface area contributed by atoms with Crippen LogP contribution in [0.4, 0.5) is 5.69 Å². The number of carbonyl (C=O) groups excluding carboxylic acids is 2. The van der Waals surface area contributed by atoms with E-state index in [0.717, 1.165) is 12.8 Å². The third-order valence-corrected chi connectivity index (χ3v) is 6.80. The molecule has 1 heterocycles. The van der Waals surface area contributed by atoms with Crippen LogP contribution in [0.1, 0.15) is 47.3 Å². The van der Waals surface area contributed by atoms with Crippen LogP contribution in [-0.4, -0.2) is 54.5 Å². The number of piperazine rings is 1. The topological polar surface area (TPSA) is 85.7 Å². The van der Waals surface area contributed by atoms with E-state index in [4.69, 9.17) is 4.74 Å². The van der Waals surface area contributed by atoms with Gasteiger partial charge in [-0.2, -0.15) is 5.26 Å². The molecule has 1 N–H and O–H groups in total. The Morgan fingerprint density at radius 2 is 1.51 bits per heavy atom. The molecule has 7 nitrogen and oxygen atoms in total. The van der Waals surface area contributed by atoms with Crippen LogP contribution in [0.5, 0.6) is 0 Å². The second kappa shape index (κ2) is 13.9. The number of amides is 1. The third-order valence-electron chi connectivity index (χ3n) is 6.80. The molecule has 0 atom stereocenters. The molecule has 0 saturated carbocycles. The van der Waals surface area contributed by atoms with Crippen molar-refractivity contribution in [2.24, 2.45) is 0 Å². The molecule has 4 rings (SSSR count). The van der Waals surface area contributed by atoms with E-state index in [0.29, 0.717) is 44.0 Å². The van der Waals surface area contributed by atoms with Crippen molar-refractivity contribution in [1.29, 1.82) is 5.26 Å². The smallest absolute Gasteiger partial charge is 0.340 e. The van der Waals surface area contributed by atoms with Crippen molar-refractivity contribution in [1.82, 2.24) is 9.80 Å². The van der Waals surface area contributed by atoms with E-state index in [2.05, 4.69) is 34.5 Å². The molecule has 0 bridgehead atoms. The van der Waals surface area contributed by atoms with Gasteiger partial charge in [0.1, 0.15) is 11.6 Å². The monoisotopic (exact) mass is 522 g/mol. The van der Waals surface area contributed by atoms with Gasteiger partial charge >= 0.3 is 5.97 Å². The number of hydrogen-bond acceptors (Lipinski definition) is 6. The average molecular weight is 523 g/mol. The first-order valence-corrected chi connectivity index (χ1v) is 13.4. The number of benzene rings is 3. The van der Waals surface area contributed by atoms with Crippen molar-refractivity contribution < 1.29 is 14.3 Å². The number of nitrogens with zero attached hydrogens (tertiary/aromatic N) is 3. The van der Waals surface area contributed by atoms with Crippen LogP contribution in [0.3, 0.4) is 0 Å². The van der Waals surface area contributed by atoms with Gasteiger partial charge in [0.25, 0.3) is 5.91 Å². The van der Waals surface area contributed by atoms with Gasteiger partial charge in [-0.3, -0.25) is 9.69 Å². The van der Waals surface area contributed by atoms with Crippen LogP contribution in [0.15, 0.2) is 96.7 Å². The van der Waals surface area contributed by atoms with Crippen LogP contribution in [0.2, 0.25) is 0 Å². The van der Waals surface area contributed by atoms with E-state index in [9.17, 15) is 14.9 Å². The summed E-state index contributed by atoms with van der Waals surface area (Å²) in [5.41, 5.74) is 3.24. The highest BCUT2D eigenvalue weighted by molar-refractivity contribution is 5.99. The van der Waals surface area contributed by atoms with Crippen molar-refractivity contribution in [3.05, 3.63) is 113 Å². The van der Waals surface area contributed by atoms with E-state index in [-0.39, 0.29) is 17.5 Å². The van der Waals surface area contributed by atoms with Gasteiger partial charge in [0.05, 0.1) is 23.9 Å².